The summed E-state index contributed by atoms with van der Waals surface area (Å²) in [5.74, 6) is -1.47. The molecule has 1 aliphatic heterocycles. The minimum Gasteiger partial charge on any atom is -0.479 e. The lowest BCUT2D eigenvalue weighted by Crippen LogP contribution is -2.38. The van der Waals surface area contributed by atoms with E-state index in [1.807, 2.05) is 0 Å². The maximum Gasteiger partial charge on any atom is 0.459 e. The zero-order valence-electron chi connectivity index (χ0n) is 34.8. The molecule has 2 aromatic heterocycles. The first-order chi connectivity index (χ1) is 28.4. The van der Waals surface area contributed by atoms with Crippen LogP contribution in [0.1, 0.15) is 60.5 Å². The first-order valence-corrected chi connectivity index (χ1v) is 22.5. The molecule has 18 nitrogen and oxygen atoms in total. The van der Waals surface area contributed by atoms with Gasteiger partial charge in [-0.25, -0.2) is 23.5 Å². The fourth-order valence-corrected chi connectivity index (χ4v) is 10.3. The number of hydrogen-bond donors (Lipinski definition) is 2. The number of benzene rings is 2. The Morgan fingerprint density at radius 2 is 1.33 bits per heavy atom. The average molecular weight is 877 g/mol. The summed E-state index contributed by atoms with van der Waals surface area (Å²) < 4.78 is 95.1. The normalized spacial score (nSPS) is 25.2. The molecule has 2 aliphatic rings. The van der Waals surface area contributed by atoms with Crippen molar-refractivity contribution in [3.63, 3.8) is 0 Å². The summed E-state index contributed by atoms with van der Waals surface area (Å²) >= 11 is 0. The first kappa shape index (κ1) is 45.1. The van der Waals surface area contributed by atoms with E-state index in [4.69, 9.17) is 37.0 Å². The smallest absolute Gasteiger partial charge is 0.459 e. The van der Waals surface area contributed by atoms with Gasteiger partial charge in [0.25, 0.3) is 0 Å². The molecular formula is C39H51FN6O12P2. The molecule has 3 heterocycles. The van der Waals surface area contributed by atoms with Crippen LogP contribution in [0.4, 0.5) is 4.39 Å². The fourth-order valence-electron chi connectivity index (χ4n) is 7.21. The number of fused-ring (bicyclic) bond motifs is 2. The summed E-state index contributed by atoms with van der Waals surface area (Å²) in [4.78, 5) is 38.9. The molecule has 0 amide bonds. The Kier molecular flexibility index (Phi) is 13.4. The fraction of sp³-hybridized carbons (Fsp3) is 0.513. The number of imidazole rings is 1. The van der Waals surface area contributed by atoms with Crippen LogP contribution in [-0.4, -0.2) is 87.8 Å². The van der Waals surface area contributed by atoms with Crippen LogP contribution in [0.25, 0.3) is 11.2 Å². The highest BCUT2D eigenvalue weighted by Crippen LogP contribution is 2.76. The predicted octanol–water partition coefficient (Wildman–Crippen LogP) is 6.65. The maximum absolute atomic E-state index is 17.7. The summed E-state index contributed by atoms with van der Waals surface area (Å²) in [6.45, 7) is 11.6. The van der Waals surface area contributed by atoms with E-state index in [2.05, 4.69) is 25.1 Å². The number of nitrogens with one attached hydrogen (secondary N) is 2. The van der Waals surface area contributed by atoms with Gasteiger partial charge in [-0.15, -0.1) is 0 Å². The van der Waals surface area contributed by atoms with Crippen LogP contribution in [0.2, 0.25) is 0 Å². The van der Waals surface area contributed by atoms with Crippen molar-refractivity contribution in [1.82, 2.24) is 29.7 Å². The average Bonchev–Trinajstić information content (AvgIpc) is 3.39. The lowest BCUT2D eigenvalue weighted by atomic mass is 9.96. The third-order valence-corrected chi connectivity index (χ3v) is 13.4. The number of methoxy groups -OCH3 is 1. The second-order valence-corrected chi connectivity index (χ2v) is 18.6. The van der Waals surface area contributed by atoms with Crippen LogP contribution < -0.4 is 24.0 Å². The molecule has 326 valence electrons. The van der Waals surface area contributed by atoms with Gasteiger partial charge in [0.05, 0.1) is 44.3 Å². The molecule has 9 atom stereocenters. The number of hydrogen-bond acceptors (Lipinski definition) is 15. The van der Waals surface area contributed by atoms with Crippen LogP contribution in [0, 0.1) is 18.3 Å². The number of halogens is 1. The van der Waals surface area contributed by atoms with Gasteiger partial charge in [0.15, 0.2) is 23.6 Å². The summed E-state index contributed by atoms with van der Waals surface area (Å²) in [5.41, 5.74) is -2.90. The van der Waals surface area contributed by atoms with Gasteiger partial charge in [-0.1, -0.05) is 43.3 Å². The standard InChI is InChI=1S/C39H51FN6O12P2/c1-23(2)54-36(47)25(5)44-59(49,57-29-16-12-10-13-17-29)52-20-38-27(7)39(38,56-35(32(38)40)46-22-41-31-33(46)42-28(8)43-34(31)51-9)21-53-60(50,58-30-18-14-11-15-19-30)45-26(6)37(48)55-24(3)4/h10-19,22-27,32,35H,20-21H2,1-9H3,(H,44,49)(H,45,50)/t25-,26-,27?,32?,35+,38?,39?,59?,60?/m0/s1. The van der Waals surface area contributed by atoms with Crippen LogP contribution in [0.3, 0.4) is 0 Å². The number of nitrogens with zero attached hydrogens (tertiary/aromatic N) is 4. The Balaban J connectivity index is 1.38. The molecule has 1 saturated carbocycles. The van der Waals surface area contributed by atoms with Gasteiger partial charge in [0.2, 0.25) is 5.88 Å². The van der Waals surface area contributed by atoms with Gasteiger partial charge in [-0.3, -0.25) is 23.2 Å². The van der Waals surface area contributed by atoms with Gasteiger partial charge in [-0.2, -0.15) is 15.2 Å². The van der Waals surface area contributed by atoms with E-state index in [-0.39, 0.29) is 28.5 Å². The van der Waals surface area contributed by atoms with Crippen LogP contribution in [0.15, 0.2) is 67.0 Å². The Hall–Kier alpha value is -4.48. The molecule has 1 saturated heterocycles. The third kappa shape index (κ3) is 9.22. The highest BCUT2D eigenvalue weighted by molar-refractivity contribution is 7.52. The molecule has 6 rings (SSSR count). The van der Waals surface area contributed by atoms with E-state index in [0.29, 0.717) is 5.82 Å². The third-order valence-electron chi connectivity index (χ3n) is 10.2. The molecule has 1 aliphatic carbocycles. The maximum atomic E-state index is 17.7. The second-order valence-electron chi connectivity index (χ2n) is 15.2. The molecule has 2 aromatic carbocycles. The number of carbonyl (C=O) groups is 2. The second kappa shape index (κ2) is 17.9. The van der Waals surface area contributed by atoms with Crippen molar-refractivity contribution in [3.8, 4) is 17.4 Å². The van der Waals surface area contributed by atoms with E-state index in [1.54, 1.807) is 90.1 Å². The van der Waals surface area contributed by atoms with Crippen LogP contribution in [0.5, 0.6) is 17.4 Å². The lowest BCUT2D eigenvalue weighted by molar-refractivity contribution is -0.150. The minimum absolute atomic E-state index is 0.134. The van der Waals surface area contributed by atoms with Crippen molar-refractivity contribution in [2.75, 3.05) is 20.3 Å². The predicted molar refractivity (Wildman–Crippen MR) is 215 cm³/mol. The highest BCUT2D eigenvalue weighted by atomic mass is 31.2. The van der Waals surface area contributed by atoms with Gasteiger partial charge >= 0.3 is 27.4 Å². The summed E-state index contributed by atoms with van der Waals surface area (Å²) in [7, 11) is -7.63. The number of aromatic nitrogens is 4. The SMILES string of the molecule is COc1nc(C)nc2c1ncn2[C@@H]1OC2(COP(=O)(N[C@@H](C)C(=O)OC(C)C)Oc3ccccc3)C(C)C2(COP(=O)(N[C@@H](C)C(=O)OC(C)C)Oc2ccccc2)C1F. The van der Waals surface area contributed by atoms with Crippen molar-refractivity contribution in [3.05, 3.63) is 72.8 Å². The van der Waals surface area contributed by atoms with Crippen molar-refractivity contribution in [2.24, 2.45) is 11.3 Å². The topological polar surface area (TPSA) is 210 Å². The largest absolute Gasteiger partial charge is 0.479 e. The minimum atomic E-state index is -4.53. The highest BCUT2D eigenvalue weighted by Gasteiger charge is 2.86. The van der Waals surface area contributed by atoms with Gasteiger partial charge in [0, 0.05) is 5.92 Å². The van der Waals surface area contributed by atoms with E-state index >= 15 is 4.39 Å². The van der Waals surface area contributed by atoms with Gasteiger partial charge in [-0.05, 0) is 72.7 Å². The van der Waals surface area contributed by atoms with Gasteiger partial charge in [0.1, 0.15) is 35.0 Å². The van der Waals surface area contributed by atoms with E-state index < -0.39 is 94.3 Å². The Bertz CT molecular complexity index is 2250. The number of rotatable bonds is 20. The van der Waals surface area contributed by atoms with Crippen molar-refractivity contribution < 1.29 is 60.2 Å². The van der Waals surface area contributed by atoms with Crippen molar-refractivity contribution >= 4 is 38.6 Å². The zero-order chi connectivity index (χ0) is 43.6. The molecule has 2 N–H and O–H groups in total. The molecule has 21 heteroatoms. The molecular weight excluding hydrogens is 825 g/mol. The molecule has 2 fully saturated rings. The van der Waals surface area contributed by atoms with Gasteiger partial charge < -0.3 is 28.0 Å². The molecule has 0 radical (unpaired) electrons. The van der Waals surface area contributed by atoms with Crippen LogP contribution >= 0.6 is 15.5 Å². The molecule has 4 aromatic rings. The zero-order valence-corrected chi connectivity index (χ0v) is 36.6. The van der Waals surface area contributed by atoms with Crippen molar-refractivity contribution in [2.45, 2.75) is 97.7 Å². The number of para-hydroxylation sites is 2. The van der Waals surface area contributed by atoms with E-state index in [0.717, 1.165) is 0 Å². The molecule has 0 bridgehead atoms. The number of ether oxygens (including phenoxy) is 4. The van der Waals surface area contributed by atoms with E-state index in [1.165, 1.54) is 44.0 Å². The summed E-state index contributed by atoms with van der Waals surface area (Å²) in [6, 6.07) is 13.9. The Labute approximate surface area is 347 Å². The van der Waals surface area contributed by atoms with E-state index in [9.17, 15) is 18.7 Å². The Morgan fingerprint density at radius 3 is 1.82 bits per heavy atom. The Morgan fingerprint density at radius 1 is 0.833 bits per heavy atom. The monoisotopic (exact) mass is 876 g/mol. The summed E-state index contributed by atoms with van der Waals surface area (Å²) in [6.07, 6.45) is -3.01. The molecule has 60 heavy (non-hydrogen) atoms. The molecule has 6 unspecified atom stereocenters. The molecule has 0 spiro atoms. The number of esters is 2. The van der Waals surface area contributed by atoms with Crippen molar-refractivity contribution in [1.29, 1.82) is 0 Å². The first-order valence-electron chi connectivity index (χ1n) is 19.4. The summed E-state index contributed by atoms with van der Waals surface area (Å²) in [5, 5.41) is 5.29. The number of carbonyl (C=O) groups excluding carboxylic acids is 2. The quantitative estimate of drug-likeness (QED) is 0.0703. The number of alkyl halides is 1. The lowest BCUT2D eigenvalue weighted by Gasteiger charge is -2.27. The number of aryl methyl sites for hydroxylation is 1. The van der Waals surface area contributed by atoms with Crippen LogP contribution in [-0.2, 0) is 42.0 Å².